The number of nitrogens with one attached hydrogen (secondary N) is 1. The molecule has 5 heteroatoms. The third kappa shape index (κ3) is 4.59. The number of carbonyl (C=O) groups excluding carboxylic acids is 2. The lowest BCUT2D eigenvalue weighted by molar-refractivity contribution is -0.122. The smallest absolute Gasteiger partial charge is 0.338 e. The summed E-state index contributed by atoms with van der Waals surface area (Å²) in [4.78, 5) is 23.8. The maximum atomic E-state index is 12.2. The van der Waals surface area contributed by atoms with Crippen molar-refractivity contribution in [3.05, 3.63) is 59.7 Å². The van der Waals surface area contributed by atoms with Crippen LogP contribution < -0.4 is 10.1 Å². The number of carbonyl (C=O) groups is 2. The number of benzene rings is 2. The number of hydrogen-bond acceptors (Lipinski definition) is 4. The summed E-state index contributed by atoms with van der Waals surface area (Å²) < 4.78 is 10.6. The normalized spacial score (nSPS) is 11.5. The molecule has 1 N–H and O–H groups in total. The quantitative estimate of drug-likeness (QED) is 0.824. The standard InChI is InChI=1S/C19H21NO4/c1-4-23-19(22)15-9-11-16(12-10-15)20-18(21)14(3)24-17-8-6-5-7-13(17)2/h5-12,14H,4H2,1-3H3,(H,20,21)/t14-/m0/s1. The van der Waals surface area contributed by atoms with Crippen LogP contribution in [0.2, 0.25) is 0 Å². The Bertz CT molecular complexity index is 710. The van der Waals surface area contributed by atoms with E-state index in [-0.39, 0.29) is 11.9 Å². The number of para-hydroxylation sites is 1. The second-order valence-corrected chi connectivity index (χ2v) is 5.31. The average Bonchev–Trinajstić information content (AvgIpc) is 2.57. The zero-order chi connectivity index (χ0) is 17.5. The lowest BCUT2D eigenvalue weighted by atomic mass is 10.2. The van der Waals surface area contributed by atoms with Crippen LogP contribution in [0.5, 0.6) is 5.75 Å². The molecule has 0 aliphatic rings. The monoisotopic (exact) mass is 327 g/mol. The molecular weight excluding hydrogens is 306 g/mol. The van der Waals surface area contributed by atoms with Gasteiger partial charge in [-0.3, -0.25) is 4.79 Å². The van der Waals surface area contributed by atoms with Crippen LogP contribution in [-0.2, 0) is 9.53 Å². The fourth-order valence-corrected chi connectivity index (χ4v) is 2.08. The van der Waals surface area contributed by atoms with Gasteiger partial charge in [-0.15, -0.1) is 0 Å². The number of aryl methyl sites for hydroxylation is 1. The van der Waals surface area contributed by atoms with Crippen molar-refractivity contribution in [3.63, 3.8) is 0 Å². The van der Waals surface area contributed by atoms with Crippen LogP contribution >= 0.6 is 0 Å². The molecule has 2 aromatic rings. The van der Waals surface area contributed by atoms with Gasteiger partial charge in [0.05, 0.1) is 12.2 Å². The van der Waals surface area contributed by atoms with Crippen molar-refractivity contribution in [2.24, 2.45) is 0 Å². The minimum atomic E-state index is -0.643. The molecule has 0 aromatic heterocycles. The molecule has 0 saturated heterocycles. The van der Waals surface area contributed by atoms with Gasteiger partial charge >= 0.3 is 5.97 Å². The molecule has 0 fully saturated rings. The van der Waals surface area contributed by atoms with Crippen LogP contribution in [-0.4, -0.2) is 24.6 Å². The van der Waals surface area contributed by atoms with Crippen LogP contribution in [0.15, 0.2) is 48.5 Å². The highest BCUT2D eigenvalue weighted by molar-refractivity contribution is 5.95. The SMILES string of the molecule is CCOC(=O)c1ccc(NC(=O)[C@H](C)Oc2ccccc2C)cc1. The average molecular weight is 327 g/mol. The second-order valence-electron chi connectivity index (χ2n) is 5.31. The predicted molar refractivity (Wildman–Crippen MR) is 92.3 cm³/mol. The number of hydrogen-bond donors (Lipinski definition) is 1. The zero-order valence-corrected chi connectivity index (χ0v) is 14.0. The summed E-state index contributed by atoms with van der Waals surface area (Å²) in [6, 6.07) is 14.1. The molecule has 0 aliphatic carbocycles. The predicted octanol–water partition coefficient (Wildman–Crippen LogP) is 3.58. The summed E-state index contributed by atoms with van der Waals surface area (Å²) in [5.74, 6) is 0.0339. The summed E-state index contributed by atoms with van der Waals surface area (Å²) in [6.07, 6.45) is -0.643. The number of anilines is 1. The van der Waals surface area contributed by atoms with Crippen LogP contribution in [0.4, 0.5) is 5.69 Å². The molecule has 1 atom stereocenters. The molecule has 126 valence electrons. The zero-order valence-electron chi connectivity index (χ0n) is 14.0. The van der Waals surface area contributed by atoms with E-state index < -0.39 is 6.10 Å². The Morgan fingerprint density at radius 2 is 1.75 bits per heavy atom. The first-order valence-corrected chi connectivity index (χ1v) is 7.81. The molecule has 2 aromatic carbocycles. The van der Waals surface area contributed by atoms with Crippen LogP contribution in [0.3, 0.4) is 0 Å². The van der Waals surface area contributed by atoms with Crippen molar-refractivity contribution in [1.82, 2.24) is 0 Å². The van der Waals surface area contributed by atoms with Gasteiger partial charge in [-0.1, -0.05) is 18.2 Å². The molecule has 1 amide bonds. The van der Waals surface area contributed by atoms with E-state index in [0.717, 1.165) is 5.56 Å². The minimum absolute atomic E-state index is 0.262. The molecule has 0 bridgehead atoms. The summed E-state index contributed by atoms with van der Waals surface area (Å²) >= 11 is 0. The van der Waals surface area contributed by atoms with Gasteiger partial charge < -0.3 is 14.8 Å². The Labute approximate surface area is 141 Å². The minimum Gasteiger partial charge on any atom is -0.481 e. The van der Waals surface area contributed by atoms with Crippen LogP contribution in [0.25, 0.3) is 0 Å². The van der Waals surface area contributed by atoms with Crippen molar-refractivity contribution >= 4 is 17.6 Å². The summed E-state index contributed by atoms with van der Waals surface area (Å²) in [7, 11) is 0. The topological polar surface area (TPSA) is 64.6 Å². The van der Waals surface area contributed by atoms with E-state index in [2.05, 4.69) is 5.32 Å². The van der Waals surface area contributed by atoms with E-state index in [1.54, 1.807) is 38.1 Å². The summed E-state index contributed by atoms with van der Waals surface area (Å²) in [5.41, 5.74) is 2.00. The summed E-state index contributed by atoms with van der Waals surface area (Å²) in [6.45, 7) is 5.69. The van der Waals surface area contributed by atoms with Gasteiger partial charge in [0.15, 0.2) is 6.10 Å². The Kier molecular flexibility index (Phi) is 5.95. The largest absolute Gasteiger partial charge is 0.481 e. The number of esters is 1. The molecule has 2 rings (SSSR count). The van der Waals surface area contributed by atoms with Gasteiger partial charge in [-0.05, 0) is 56.7 Å². The van der Waals surface area contributed by atoms with Gasteiger partial charge in [0.25, 0.3) is 5.91 Å². The molecule has 0 aliphatic heterocycles. The number of ether oxygens (including phenoxy) is 2. The highest BCUT2D eigenvalue weighted by atomic mass is 16.5. The molecule has 0 spiro atoms. The number of rotatable bonds is 6. The third-order valence-corrected chi connectivity index (χ3v) is 3.43. The first-order valence-electron chi connectivity index (χ1n) is 7.81. The maximum absolute atomic E-state index is 12.2. The molecule has 0 unspecified atom stereocenters. The van der Waals surface area contributed by atoms with E-state index in [4.69, 9.17) is 9.47 Å². The first kappa shape index (κ1) is 17.5. The highest BCUT2D eigenvalue weighted by Crippen LogP contribution is 2.18. The van der Waals surface area contributed by atoms with Gasteiger partial charge in [-0.2, -0.15) is 0 Å². The maximum Gasteiger partial charge on any atom is 0.338 e. The van der Waals surface area contributed by atoms with Gasteiger partial charge in [0.2, 0.25) is 0 Å². The van der Waals surface area contributed by atoms with Crippen molar-refractivity contribution in [3.8, 4) is 5.75 Å². The van der Waals surface area contributed by atoms with E-state index >= 15 is 0 Å². The van der Waals surface area contributed by atoms with Crippen molar-refractivity contribution in [2.45, 2.75) is 26.9 Å². The lowest BCUT2D eigenvalue weighted by Gasteiger charge is -2.16. The molecule has 5 nitrogen and oxygen atoms in total. The van der Waals surface area contributed by atoms with Crippen LogP contribution in [0.1, 0.15) is 29.8 Å². The van der Waals surface area contributed by atoms with Crippen molar-refractivity contribution < 1.29 is 19.1 Å². The lowest BCUT2D eigenvalue weighted by Crippen LogP contribution is -2.30. The molecule has 0 radical (unpaired) electrons. The highest BCUT2D eigenvalue weighted by Gasteiger charge is 2.16. The van der Waals surface area contributed by atoms with Crippen LogP contribution in [0, 0.1) is 6.92 Å². The van der Waals surface area contributed by atoms with Crippen molar-refractivity contribution in [1.29, 1.82) is 0 Å². The van der Waals surface area contributed by atoms with E-state index in [1.807, 2.05) is 31.2 Å². The van der Waals surface area contributed by atoms with Gasteiger partial charge in [0.1, 0.15) is 5.75 Å². The third-order valence-electron chi connectivity index (χ3n) is 3.43. The molecule has 0 heterocycles. The Hall–Kier alpha value is -2.82. The van der Waals surface area contributed by atoms with Crippen molar-refractivity contribution in [2.75, 3.05) is 11.9 Å². The first-order chi connectivity index (χ1) is 11.5. The fourth-order valence-electron chi connectivity index (χ4n) is 2.08. The molecule has 24 heavy (non-hydrogen) atoms. The van der Waals surface area contributed by atoms with E-state index in [9.17, 15) is 9.59 Å². The summed E-state index contributed by atoms with van der Waals surface area (Å²) in [5, 5.41) is 2.76. The van der Waals surface area contributed by atoms with E-state index in [0.29, 0.717) is 23.6 Å². The molecular formula is C19H21NO4. The van der Waals surface area contributed by atoms with E-state index in [1.165, 1.54) is 0 Å². The Balaban J connectivity index is 1.96. The van der Waals surface area contributed by atoms with Gasteiger partial charge in [0, 0.05) is 5.69 Å². The molecule has 0 saturated carbocycles. The van der Waals surface area contributed by atoms with Gasteiger partial charge in [-0.25, -0.2) is 4.79 Å². The second kappa shape index (κ2) is 8.15. The Morgan fingerprint density at radius 3 is 2.38 bits per heavy atom. The Morgan fingerprint density at radius 1 is 1.08 bits per heavy atom. The number of amides is 1. The fraction of sp³-hybridized carbons (Fsp3) is 0.263.